The van der Waals surface area contributed by atoms with Crippen LogP contribution in [0.2, 0.25) is 0 Å². The second kappa shape index (κ2) is 5.16. The highest BCUT2D eigenvalue weighted by molar-refractivity contribution is 5.89. The maximum Gasteiger partial charge on any atom is 0.338 e. The second-order valence-electron chi connectivity index (χ2n) is 4.01. The van der Waals surface area contributed by atoms with Gasteiger partial charge in [-0.3, -0.25) is 4.79 Å². The fourth-order valence-electron chi connectivity index (χ4n) is 1.69. The van der Waals surface area contributed by atoms with E-state index in [0.717, 1.165) is 0 Å². The third kappa shape index (κ3) is 2.49. The summed E-state index contributed by atoms with van der Waals surface area (Å²) in [5.74, 6) is -1.21. The highest BCUT2D eigenvalue weighted by Gasteiger charge is 2.40. The van der Waals surface area contributed by atoms with Gasteiger partial charge in [-0.1, -0.05) is 18.2 Å². The SMILES string of the molecule is O=C(OC[C@@H]1NC(=O)[C@@H](O)[C@@H]1O)c1ccccc1. The van der Waals surface area contributed by atoms with E-state index in [1.54, 1.807) is 30.3 Å². The van der Waals surface area contributed by atoms with Crippen LogP contribution in [0.25, 0.3) is 0 Å². The normalized spacial score (nSPS) is 26.8. The Morgan fingerprint density at radius 2 is 1.94 bits per heavy atom. The molecule has 3 atom stereocenters. The summed E-state index contributed by atoms with van der Waals surface area (Å²) in [5.41, 5.74) is 0.386. The number of hydrogen-bond donors (Lipinski definition) is 3. The van der Waals surface area contributed by atoms with Gasteiger partial charge in [0, 0.05) is 0 Å². The Bertz CT molecular complexity index is 447. The summed E-state index contributed by atoms with van der Waals surface area (Å²) in [5, 5.41) is 21.0. The van der Waals surface area contributed by atoms with Crippen LogP contribution in [-0.2, 0) is 9.53 Å². The zero-order valence-electron chi connectivity index (χ0n) is 9.45. The number of nitrogens with one attached hydrogen (secondary N) is 1. The maximum absolute atomic E-state index is 11.6. The van der Waals surface area contributed by atoms with Crippen LogP contribution >= 0.6 is 0 Å². The van der Waals surface area contributed by atoms with Crippen molar-refractivity contribution in [2.24, 2.45) is 0 Å². The molecule has 0 spiro atoms. The molecule has 1 aliphatic rings. The van der Waals surface area contributed by atoms with Crippen LogP contribution in [0.15, 0.2) is 30.3 Å². The molecular formula is C12H13NO5. The number of ether oxygens (including phenoxy) is 1. The molecule has 0 aliphatic carbocycles. The van der Waals surface area contributed by atoms with E-state index < -0.39 is 30.1 Å². The molecule has 1 amide bonds. The van der Waals surface area contributed by atoms with Gasteiger partial charge in [-0.2, -0.15) is 0 Å². The quantitative estimate of drug-likeness (QED) is 0.603. The third-order valence-corrected chi connectivity index (χ3v) is 2.74. The van der Waals surface area contributed by atoms with Crippen molar-refractivity contribution < 1.29 is 24.5 Å². The monoisotopic (exact) mass is 251 g/mol. The number of esters is 1. The van der Waals surface area contributed by atoms with Crippen LogP contribution in [0.1, 0.15) is 10.4 Å². The first-order chi connectivity index (χ1) is 8.59. The summed E-state index contributed by atoms with van der Waals surface area (Å²) in [6.07, 6.45) is -2.73. The molecule has 1 aromatic carbocycles. The largest absolute Gasteiger partial charge is 0.460 e. The molecule has 1 heterocycles. The first-order valence-corrected chi connectivity index (χ1v) is 5.48. The number of aliphatic hydroxyl groups is 2. The molecule has 0 unspecified atom stereocenters. The minimum Gasteiger partial charge on any atom is -0.460 e. The van der Waals surface area contributed by atoms with Crippen LogP contribution in [0, 0.1) is 0 Å². The highest BCUT2D eigenvalue weighted by atomic mass is 16.5. The van der Waals surface area contributed by atoms with Crippen molar-refractivity contribution in [3.05, 3.63) is 35.9 Å². The smallest absolute Gasteiger partial charge is 0.338 e. The molecule has 6 heteroatoms. The lowest BCUT2D eigenvalue weighted by Crippen LogP contribution is -2.37. The van der Waals surface area contributed by atoms with Gasteiger partial charge in [-0.15, -0.1) is 0 Å². The van der Waals surface area contributed by atoms with E-state index >= 15 is 0 Å². The van der Waals surface area contributed by atoms with E-state index in [1.165, 1.54) is 0 Å². The van der Waals surface area contributed by atoms with Crippen molar-refractivity contribution in [1.82, 2.24) is 5.32 Å². The number of hydrogen-bond acceptors (Lipinski definition) is 5. The van der Waals surface area contributed by atoms with Crippen LogP contribution in [0.5, 0.6) is 0 Å². The Balaban J connectivity index is 1.89. The Hall–Kier alpha value is -1.92. The molecule has 0 radical (unpaired) electrons. The first kappa shape index (κ1) is 12.5. The molecule has 0 bridgehead atoms. The van der Waals surface area contributed by atoms with Crippen LogP contribution in [0.4, 0.5) is 0 Å². The zero-order chi connectivity index (χ0) is 13.1. The second-order valence-corrected chi connectivity index (χ2v) is 4.01. The van der Waals surface area contributed by atoms with E-state index in [-0.39, 0.29) is 6.61 Å². The standard InChI is InChI=1S/C12H13NO5/c14-9-8(13-11(16)10(9)15)6-18-12(17)7-4-2-1-3-5-7/h1-5,8-10,14-15H,6H2,(H,13,16)/t8-,9+,10-/m0/s1. The van der Waals surface area contributed by atoms with E-state index in [4.69, 9.17) is 4.74 Å². The number of rotatable bonds is 3. The Morgan fingerprint density at radius 3 is 2.50 bits per heavy atom. The molecule has 1 aromatic rings. The lowest BCUT2D eigenvalue weighted by Gasteiger charge is -2.14. The zero-order valence-corrected chi connectivity index (χ0v) is 9.45. The molecule has 1 saturated heterocycles. The molecule has 3 N–H and O–H groups in total. The summed E-state index contributed by atoms with van der Waals surface area (Å²) in [7, 11) is 0. The lowest BCUT2D eigenvalue weighted by molar-refractivity contribution is -0.128. The third-order valence-electron chi connectivity index (χ3n) is 2.74. The number of aliphatic hydroxyl groups excluding tert-OH is 2. The van der Waals surface area contributed by atoms with E-state index in [0.29, 0.717) is 5.56 Å². The van der Waals surface area contributed by atoms with Crippen LogP contribution in [-0.4, -0.2) is 46.9 Å². The Kier molecular flexibility index (Phi) is 3.59. The van der Waals surface area contributed by atoms with Crippen molar-refractivity contribution in [2.45, 2.75) is 18.2 Å². The van der Waals surface area contributed by atoms with Crippen molar-refractivity contribution in [3.63, 3.8) is 0 Å². The molecule has 2 rings (SSSR count). The summed E-state index contributed by atoms with van der Waals surface area (Å²) in [6.45, 7) is -0.183. The van der Waals surface area contributed by atoms with Gasteiger partial charge in [-0.25, -0.2) is 4.79 Å². The van der Waals surface area contributed by atoms with Gasteiger partial charge in [0.05, 0.1) is 11.6 Å². The van der Waals surface area contributed by atoms with Gasteiger partial charge in [0.1, 0.15) is 12.7 Å². The molecular weight excluding hydrogens is 238 g/mol. The molecule has 18 heavy (non-hydrogen) atoms. The first-order valence-electron chi connectivity index (χ1n) is 5.48. The topological polar surface area (TPSA) is 95.9 Å². The minimum absolute atomic E-state index is 0.183. The number of carbonyl (C=O) groups excluding carboxylic acids is 2. The molecule has 0 saturated carbocycles. The number of carbonyl (C=O) groups is 2. The van der Waals surface area contributed by atoms with Gasteiger partial charge >= 0.3 is 5.97 Å². The van der Waals surface area contributed by atoms with Crippen LogP contribution < -0.4 is 5.32 Å². The molecule has 1 fully saturated rings. The van der Waals surface area contributed by atoms with E-state index in [1.807, 2.05) is 0 Å². The maximum atomic E-state index is 11.6. The predicted molar refractivity (Wildman–Crippen MR) is 60.7 cm³/mol. The fourth-order valence-corrected chi connectivity index (χ4v) is 1.69. The van der Waals surface area contributed by atoms with Crippen molar-refractivity contribution in [1.29, 1.82) is 0 Å². The Morgan fingerprint density at radius 1 is 1.28 bits per heavy atom. The van der Waals surface area contributed by atoms with Crippen molar-refractivity contribution in [2.75, 3.05) is 6.61 Å². The highest BCUT2D eigenvalue weighted by Crippen LogP contribution is 2.10. The Labute approximate surface area is 103 Å². The van der Waals surface area contributed by atoms with E-state index in [9.17, 15) is 19.8 Å². The van der Waals surface area contributed by atoms with Gasteiger partial charge < -0.3 is 20.3 Å². The summed E-state index contributed by atoms with van der Waals surface area (Å²) in [6, 6.07) is 7.59. The molecule has 6 nitrogen and oxygen atoms in total. The molecule has 1 aliphatic heterocycles. The number of benzene rings is 1. The minimum atomic E-state index is -1.47. The van der Waals surface area contributed by atoms with Gasteiger partial charge in [-0.05, 0) is 12.1 Å². The van der Waals surface area contributed by atoms with Crippen molar-refractivity contribution >= 4 is 11.9 Å². The average Bonchev–Trinajstić information content (AvgIpc) is 2.64. The van der Waals surface area contributed by atoms with Gasteiger partial charge in [0.2, 0.25) is 0 Å². The van der Waals surface area contributed by atoms with Gasteiger partial charge in [0.15, 0.2) is 6.10 Å². The fraction of sp³-hybridized carbons (Fsp3) is 0.333. The predicted octanol–water partition coefficient (Wildman–Crippen LogP) is -0.936. The van der Waals surface area contributed by atoms with Gasteiger partial charge in [0.25, 0.3) is 5.91 Å². The van der Waals surface area contributed by atoms with Crippen LogP contribution in [0.3, 0.4) is 0 Å². The van der Waals surface area contributed by atoms with Crippen molar-refractivity contribution in [3.8, 4) is 0 Å². The molecule has 0 aromatic heterocycles. The van der Waals surface area contributed by atoms with E-state index in [2.05, 4.69) is 5.32 Å². The number of amides is 1. The molecule has 96 valence electrons. The summed E-state index contributed by atoms with van der Waals surface area (Å²) >= 11 is 0. The average molecular weight is 251 g/mol. The lowest BCUT2D eigenvalue weighted by atomic mass is 10.1. The summed E-state index contributed by atoms with van der Waals surface area (Å²) in [4.78, 5) is 22.6. The summed E-state index contributed by atoms with van der Waals surface area (Å²) < 4.78 is 4.95.